The summed E-state index contributed by atoms with van der Waals surface area (Å²) >= 11 is 1.69. The summed E-state index contributed by atoms with van der Waals surface area (Å²) in [5.74, 6) is 0.0908. The second-order valence-corrected chi connectivity index (χ2v) is 6.43. The molecule has 0 saturated carbocycles. The van der Waals surface area contributed by atoms with Crippen molar-refractivity contribution in [2.24, 2.45) is 0 Å². The smallest absolute Gasteiger partial charge is 0.222 e. The van der Waals surface area contributed by atoms with E-state index in [0.717, 1.165) is 6.42 Å². The fourth-order valence-corrected chi connectivity index (χ4v) is 3.46. The number of hydrogen-bond acceptors (Lipinski definition) is 2. The van der Waals surface area contributed by atoms with Gasteiger partial charge in [0.2, 0.25) is 5.91 Å². The van der Waals surface area contributed by atoms with Gasteiger partial charge in [0.25, 0.3) is 0 Å². The van der Waals surface area contributed by atoms with Crippen molar-refractivity contribution in [3.63, 3.8) is 0 Å². The van der Waals surface area contributed by atoms with Crippen molar-refractivity contribution in [2.75, 3.05) is 6.54 Å². The van der Waals surface area contributed by atoms with E-state index < -0.39 is 0 Å². The van der Waals surface area contributed by atoms with Crippen LogP contribution in [0.15, 0.2) is 72.4 Å². The first-order valence-corrected chi connectivity index (χ1v) is 8.67. The van der Waals surface area contributed by atoms with Gasteiger partial charge in [0, 0.05) is 23.8 Å². The maximum atomic E-state index is 12.3. The maximum absolute atomic E-state index is 12.3. The molecule has 3 nitrogen and oxygen atoms in total. The zero-order chi connectivity index (χ0) is 15.9. The van der Waals surface area contributed by atoms with Crippen molar-refractivity contribution in [3.8, 4) is 0 Å². The molecule has 4 heteroatoms. The third kappa shape index (κ3) is 4.33. The lowest BCUT2D eigenvalue weighted by molar-refractivity contribution is -0.121. The minimum absolute atomic E-state index is 0.0710. The van der Waals surface area contributed by atoms with Crippen LogP contribution >= 0.6 is 11.3 Å². The van der Waals surface area contributed by atoms with E-state index in [0.29, 0.717) is 13.0 Å². The SMILES string of the molecule is O=C(C[C@H](c1cccs1)n1cccc1)NCCc1ccccc1. The Morgan fingerprint density at radius 3 is 2.52 bits per heavy atom. The van der Waals surface area contributed by atoms with Gasteiger partial charge < -0.3 is 9.88 Å². The molecule has 0 bridgehead atoms. The third-order valence-electron chi connectivity index (χ3n) is 3.82. The molecule has 0 spiro atoms. The first-order valence-electron chi connectivity index (χ1n) is 7.79. The number of nitrogens with zero attached hydrogens (tertiary/aromatic N) is 1. The number of hydrogen-bond donors (Lipinski definition) is 1. The van der Waals surface area contributed by atoms with Crippen LogP contribution in [0.3, 0.4) is 0 Å². The Labute approximate surface area is 140 Å². The van der Waals surface area contributed by atoms with Crippen LogP contribution < -0.4 is 5.32 Å². The van der Waals surface area contributed by atoms with Gasteiger partial charge in [0.05, 0.1) is 12.5 Å². The number of carbonyl (C=O) groups excluding carboxylic acids is 1. The van der Waals surface area contributed by atoms with Crippen LogP contribution in [0.4, 0.5) is 0 Å². The molecule has 3 aromatic rings. The second kappa shape index (κ2) is 7.79. The molecule has 0 radical (unpaired) electrons. The van der Waals surface area contributed by atoms with E-state index in [9.17, 15) is 4.79 Å². The Hall–Kier alpha value is -2.33. The molecule has 1 aromatic carbocycles. The van der Waals surface area contributed by atoms with E-state index in [2.05, 4.69) is 33.5 Å². The van der Waals surface area contributed by atoms with E-state index in [4.69, 9.17) is 0 Å². The summed E-state index contributed by atoms with van der Waals surface area (Å²) in [7, 11) is 0. The van der Waals surface area contributed by atoms with E-state index in [1.165, 1.54) is 10.4 Å². The normalized spacial score (nSPS) is 12.0. The molecule has 118 valence electrons. The number of nitrogens with one attached hydrogen (secondary N) is 1. The Morgan fingerprint density at radius 1 is 1.04 bits per heavy atom. The quantitative estimate of drug-likeness (QED) is 0.703. The van der Waals surface area contributed by atoms with Crippen molar-refractivity contribution in [1.29, 1.82) is 0 Å². The highest BCUT2D eigenvalue weighted by Crippen LogP contribution is 2.26. The molecule has 0 aliphatic carbocycles. The van der Waals surface area contributed by atoms with Crippen LogP contribution in [0.25, 0.3) is 0 Å². The molecule has 23 heavy (non-hydrogen) atoms. The lowest BCUT2D eigenvalue weighted by Gasteiger charge is -2.17. The van der Waals surface area contributed by atoms with Gasteiger partial charge in [-0.15, -0.1) is 11.3 Å². The van der Waals surface area contributed by atoms with E-state index in [1.807, 2.05) is 48.8 Å². The Bertz CT molecular complexity index is 671. The maximum Gasteiger partial charge on any atom is 0.222 e. The summed E-state index contributed by atoms with van der Waals surface area (Å²) in [6, 6.07) is 18.4. The number of thiophene rings is 1. The summed E-state index contributed by atoms with van der Waals surface area (Å²) in [6.07, 6.45) is 5.35. The van der Waals surface area contributed by atoms with Crippen molar-refractivity contribution in [1.82, 2.24) is 9.88 Å². The Kier molecular flexibility index (Phi) is 5.27. The summed E-state index contributed by atoms with van der Waals surface area (Å²) in [4.78, 5) is 13.5. The fourth-order valence-electron chi connectivity index (χ4n) is 2.63. The number of amides is 1. The van der Waals surface area contributed by atoms with Crippen LogP contribution in [0, 0.1) is 0 Å². The first kappa shape index (κ1) is 15.6. The molecule has 0 fully saturated rings. The summed E-state index contributed by atoms with van der Waals surface area (Å²) in [5.41, 5.74) is 1.24. The zero-order valence-corrected chi connectivity index (χ0v) is 13.7. The zero-order valence-electron chi connectivity index (χ0n) is 12.9. The summed E-state index contributed by atoms with van der Waals surface area (Å²) in [6.45, 7) is 0.672. The molecule has 3 rings (SSSR count). The molecule has 0 aliphatic rings. The Morgan fingerprint density at radius 2 is 1.83 bits per heavy atom. The molecule has 0 unspecified atom stereocenters. The van der Waals surface area contributed by atoms with Gasteiger partial charge in [-0.05, 0) is 35.6 Å². The van der Waals surface area contributed by atoms with E-state index in [-0.39, 0.29) is 11.9 Å². The van der Waals surface area contributed by atoms with Gasteiger partial charge in [-0.3, -0.25) is 4.79 Å². The molecular weight excluding hydrogens is 304 g/mol. The van der Waals surface area contributed by atoms with Gasteiger partial charge in [0.1, 0.15) is 0 Å². The highest BCUT2D eigenvalue weighted by atomic mass is 32.1. The van der Waals surface area contributed by atoms with Gasteiger partial charge >= 0.3 is 0 Å². The number of rotatable bonds is 7. The number of aromatic nitrogens is 1. The van der Waals surface area contributed by atoms with Crippen LogP contribution in [-0.4, -0.2) is 17.0 Å². The Balaban J connectivity index is 1.56. The molecule has 2 aromatic heterocycles. The predicted molar refractivity (Wildman–Crippen MR) is 94.7 cm³/mol. The third-order valence-corrected chi connectivity index (χ3v) is 4.79. The lowest BCUT2D eigenvalue weighted by atomic mass is 10.1. The minimum Gasteiger partial charge on any atom is -0.356 e. The minimum atomic E-state index is 0.0710. The topological polar surface area (TPSA) is 34.0 Å². The van der Waals surface area contributed by atoms with Crippen LogP contribution in [0.2, 0.25) is 0 Å². The number of carbonyl (C=O) groups is 1. The van der Waals surface area contributed by atoms with Crippen molar-refractivity contribution in [2.45, 2.75) is 18.9 Å². The van der Waals surface area contributed by atoms with E-state index >= 15 is 0 Å². The van der Waals surface area contributed by atoms with Crippen LogP contribution in [0.5, 0.6) is 0 Å². The van der Waals surface area contributed by atoms with Gasteiger partial charge in [0.15, 0.2) is 0 Å². The molecule has 1 N–H and O–H groups in total. The number of benzene rings is 1. The van der Waals surface area contributed by atoms with E-state index in [1.54, 1.807) is 11.3 Å². The van der Waals surface area contributed by atoms with Gasteiger partial charge in [-0.25, -0.2) is 0 Å². The first-order chi connectivity index (χ1) is 11.3. The highest BCUT2D eigenvalue weighted by molar-refractivity contribution is 7.10. The van der Waals surface area contributed by atoms with Crippen molar-refractivity contribution in [3.05, 3.63) is 82.8 Å². The fraction of sp³-hybridized carbons (Fsp3) is 0.211. The highest BCUT2D eigenvalue weighted by Gasteiger charge is 2.17. The average molecular weight is 324 g/mol. The van der Waals surface area contributed by atoms with Gasteiger partial charge in [-0.2, -0.15) is 0 Å². The van der Waals surface area contributed by atoms with Crippen LogP contribution in [-0.2, 0) is 11.2 Å². The second-order valence-electron chi connectivity index (χ2n) is 5.45. The predicted octanol–water partition coefficient (Wildman–Crippen LogP) is 3.89. The average Bonchev–Trinajstić information content (AvgIpc) is 3.27. The standard InChI is InChI=1S/C19H20N2OS/c22-19(20-11-10-16-7-2-1-3-8-16)15-17(18-9-6-14-23-18)21-12-4-5-13-21/h1-9,12-14,17H,10-11,15H2,(H,20,22)/t17-/m1/s1. The summed E-state index contributed by atoms with van der Waals surface area (Å²) in [5, 5.41) is 5.09. The lowest BCUT2D eigenvalue weighted by Crippen LogP contribution is -2.28. The molecule has 2 heterocycles. The monoisotopic (exact) mass is 324 g/mol. The summed E-state index contributed by atoms with van der Waals surface area (Å²) < 4.78 is 2.10. The molecule has 1 amide bonds. The van der Waals surface area contributed by atoms with Crippen molar-refractivity contribution >= 4 is 17.2 Å². The molecule has 1 atom stereocenters. The molecular formula is C19H20N2OS. The van der Waals surface area contributed by atoms with Gasteiger partial charge in [-0.1, -0.05) is 36.4 Å². The molecule has 0 saturated heterocycles. The molecule has 0 aliphatic heterocycles. The largest absolute Gasteiger partial charge is 0.356 e. The van der Waals surface area contributed by atoms with Crippen molar-refractivity contribution < 1.29 is 4.79 Å². The van der Waals surface area contributed by atoms with Crippen LogP contribution in [0.1, 0.15) is 22.9 Å².